The van der Waals surface area contributed by atoms with Crippen LogP contribution in [0.1, 0.15) is 24.2 Å². The van der Waals surface area contributed by atoms with E-state index in [2.05, 4.69) is 4.98 Å². The Hall–Kier alpha value is -2.11. The van der Waals surface area contributed by atoms with Crippen molar-refractivity contribution in [3.8, 4) is 0 Å². The van der Waals surface area contributed by atoms with E-state index in [9.17, 15) is 9.59 Å². The highest BCUT2D eigenvalue weighted by Gasteiger charge is 2.20. The number of anilines is 1. The number of rotatable bonds is 5. The van der Waals surface area contributed by atoms with Gasteiger partial charge in [-0.05, 0) is 26.0 Å². The second-order valence-electron chi connectivity index (χ2n) is 3.85. The van der Waals surface area contributed by atoms with Crippen molar-refractivity contribution < 1.29 is 14.7 Å². The average Bonchev–Trinajstić information content (AvgIpc) is 2.25. The summed E-state index contributed by atoms with van der Waals surface area (Å²) in [4.78, 5) is 27.6. The largest absolute Gasteiger partial charge is 0.480 e. The number of amides is 1. The number of carbonyl (C=O) groups excluding carboxylic acids is 1. The van der Waals surface area contributed by atoms with E-state index in [0.717, 1.165) is 0 Å². The van der Waals surface area contributed by atoms with E-state index in [1.807, 2.05) is 13.8 Å². The molecule has 1 aromatic heterocycles. The lowest BCUT2D eigenvalue weighted by atomic mass is 10.2. The van der Waals surface area contributed by atoms with Crippen molar-refractivity contribution in [1.29, 1.82) is 0 Å². The van der Waals surface area contributed by atoms with Crippen LogP contribution in [0.5, 0.6) is 0 Å². The Balaban J connectivity index is 3.18. The van der Waals surface area contributed by atoms with E-state index in [4.69, 9.17) is 10.8 Å². The third kappa shape index (κ3) is 3.17. The van der Waals surface area contributed by atoms with Gasteiger partial charge in [-0.3, -0.25) is 9.59 Å². The summed E-state index contributed by atoms with van der Waals surface area (Å²) in [6, 6.07) is 3.02. The number of carbonyl (C=O) groups is 2. The second kappa shape index (κ2) is 5.29. The molecule has 0 unspecified atom stereocenters. The number of hydrogen-bond donors (Lipinski definition) is 2. The Morgan fingerprint density at radius 3 is 2.65 bits per heavy atom. The van der Waals surface area contributed by atoms with E-state index < -0.39 is 11.9 Å². The highest BCUT2D eigenvalue weighted by Crippen LogP contribution is 2.18. The van der Waals surface area contributed by atoms with Gasteiger partial charge in [0, 0.05) is 12.2 Å². The molecule has 6 nitrogen and oxygen atoms in total. The SMILES string of the molecule is CC(C)N(CC(=O)O)c1ncccc1C(N)=O. The summed E-state index contributed by atoms with van der Waals surface area (Å²) >= 11 is 0. The molecule has 1 heterocycles. The summed E-state index contributed by atoms with van der Waals surface area (Å²) in [5.41, 5.74) is 5.45. The fourth-order valence-electron chi connectivity index (χ4n) is 1.47. The molecule has 0 fully saturated rings. The van der Waals surface area contributed by atoms with Crippen molar-refractivity contribution in [1.82, 2.24) is 4.98 Å². The van der Waals surface area contributed by atoms with Gasteiger partial charge in [-0.25, -0.2) is 4.98 Å². The fourth-order valence-corrected chi connectivity index (χ4v) is 1.47. The van der Waals surface area contributed by atoms with Gasteiger partial charge in [-0.1, -0.05) is 0 Å². The number of aliphatic carboxylic acids is 1. The van der Waals surface area contributed by atoms with Gasteiger partial charge in [0.15, 0.2) is 0 Å². The predicted octanol–water partition coefficient (Wildman–Crippen LogP) is 0.480. The first kappa shape index (κ1) is 13.0. The van der Waals surface area contributed by atoms with Crippen LogP contribution in [0.25, 0.3) is 0 Å². The van der Waals surface area contributed by atoms with Crippen molar-refractivity contribution in [2.75, 3.05) is 11.4 Å². The zero-order valence-electron chi connectivity index (χ0n) is 9.75. The van der Waals surface area contributed by atoms with E-state index in [1.165, 1.54) is 17.2 Å². The molecular formula is C11H15N3O3. The first-order valence-electron chi connectivity index (χ1n) is 5.16. The molecule has 6 heteroatoms. The monoisotopic (exact) mass is 237 g/mol. The van der Waals surface area contributed by atoms with Gasteiger partial charge in [-0.2, -0.15) is 0 Å². The number of primary amides is 1. The minimum Gasteiger partial charge on any atom is -0.480 e. The molecule has 0 aliphatic heterocycles. The number of carboxylic acid groups (broad SMARTS) is 1. The van der Waals surface area contributed by atoms with Gasteiger partial charge < -0.3 is 15.7 Å². The summed E-state index contributed by atoms with van der Waals surface area (Å²) in [6.07, 6.45) is 1.50. The topological polar surface area (TPSA) is 96.5 Å². The molecule has 1 rings (SSSR count). The third-order valence-electron chi connectivity index (χ3n) is 2.25. The number of aromatic nitrogens is 1. The van der Waals surface area contributed by atoms with Gasteiger partial charge in [0.25, 0.3) is 5.91 Å². The zero-order valence-corrected chi connectivity index (χ0v) is 9.75. The second-order valence-corrected chi connectivity index (χ2v) is 3.85. The summed E-state index contributed by atoms with van der Waals surface area (Å²) < 4.78 is 0. The van der Waals surface area contributed by atoms with Crippen LogP contribution in [0.3, 0.4) is 0 Å². The summed E-state index contributed by atoms with van der Waals surface area (Å²) in [5.74, 6) is -1.30. The highest BCUT2D eigenvalue weighted by atomic mass is 16.4. The Morgan fingerprint density at radius 2 is 2.18 bits per heavy atom. The normalized spacial score (nSPS) is 10.3. The first-order chi connectivity index (χ1) is 7.93. The molecule has 0 saturated heterocycles. The smallest absolute Gasteiger partial charge is 0.323 e. The van der Waals surface area contributed by atoms with Crippen molar-refractivity contribution >= 4 is 17.7 Å². The van der Waals surface area contributed by atoms with E-state index in [0.29, 0.717) is 5.82 Å². The molecule has 3 N–H and O–H groups in total. The molecule has 0 aliphatic carbocycles. The Labute approximate surface area is 99.1 Å². The number of carboxylic acids is 1. The zero-order chi connectivity index (χ0) is 13.0. The minimum atomic E-state index is -0.986. The maximum absolute atomic E-state index is 11.2. The van der Waals surface area contributed by atoms with Crippen molar-refractivity contribution in [3.05, 3.63) is 23.9 Å². The molecule has 0 aliphatic rings. The number of nitrogens with two attached hydrogens (primary N) is 1. The van der Waals surface area contributed by atoms with Crippen molar-refractivity contribution in [2.45, 2.75) is 19.9 Å². The number of nitrogens with zero attached hydrogens (tertiary/aromatic N) is 2. The van der Waals surface area contributed by atoms with Gasteiger partial charge in [-0.15, -0.1) is 0 Å². The molecule has 0 bridgehead atoms. The molecule has 17 heavy (non-hydrogen) atoms. The van der Waals surface area contributed by atoms with Crippen LogP contribution in [-0.4, -0.2) is 34.6 Å². The maximum Gasteiger partial charge on any atom is 0.323 e. The highest BCUT2D eigenvalue weighted by molar-refractivity contribution is 5.98. The van der Waals surface area contributed by atoms with Crippen LogP contribution in [0, 0.1) is 0 Å². The summed E-state index contributed by atoms with van der Waals surface area (Å²) in [6.45, 7) is 3.42. The van der Waals surface area contributed by atoms with Gasteiger partial charge in [0.1, 0.15) is 12.4 Å². The van der Waals surface area contributed by atoms with Crippen LogP contribution >= 0.6 is 0 Å². The van der Waals surface area contributed by atoms with Crippen LogP contribution in [0.15, 0.2) is 18.3 Å². The number of pyridine rings is 1. The predicted molar refractivity (Wildman–Crippen MR) is 62.9 cm³/mol. The quantitative estimate of drug-likeness (QED) is 0.776. The molecule has 0 atom stereocenters. The van der Waals surface area contributed by atoms with Crippen LogP contribution < -0.4 is 10.6 Å². The van der Waals surface area contributed by atoms with E-state index in [-0.39, 0.29) is 18.2 Å². The molecule has 0 radical (unpaired) electrons. The third-order valence-corrected chi connectivity index (χ3v) is 2.25. The molecule has 0 aromatic carbocycles. The van der Waals surface area contributed by atoms with E-state index in [1.54, 1.807) is 6.07 Å². The van der Waals surface area contributed by atoms with Crippen LogP contribution in [-0.2, 0) is 4.79 Å². The number of hydrogen-bond acceptors (Lipinski definition) is 4. The fraction of sp³-hybridized carbons (Fsp3) is 0.364. The van der Waals surface area contributed by atoms with E-state index >= 15 is 0 Å². The van der Waals surface area contributed by atoms with Gasteiger partial charge >= 0.3 is 5.97 Å². The average molecular weight is 237 g/mol. The Bertz CT molecular complexity index is 432. The van der Waals surface area contributed by atoms with Crippen molar-refractivity contribution in [3.63, 3.8) is 0 Å². The standard InChI is InChI=1S/C11H15N3O3/c1-7(2)14(6-9(15)16)11-8(10(12)17)4-3-5-13-11/h3-5,7H,6H2,1-2H3,(H2,12,17)(H,15,16). The summed E-state index contributed by atoms with van der Waals surface area (Å²) in [7, 11) is 0. The lowest BCUT2D eigenvalue weighted by molar-refractivity contribution is -0.135. The molecule has 1 amide bonds. The molecule has 0 spiro atoms. The Morgan fingerprint density at radius 1 is 1.53 bits per heavy atom. The Kier molecular flexibility index (Phi) is 4.03. The lowest BCUT2D eigenvalue weighted by Gasteiger charge is -2.27. The van der Waals surface area contributed by atoms with Gasteiger partial charge in [0.05, 0.1) is 5.56 Å². The lowest BCUT2D eigenvalue weighted by Crippen LogP contribution is -2.37. The van der Waals surface area contributed by atoms with Crippen molar-refractivity contribution in [2.24, 2.45) is 5.73 Å². The molecule has 1 aromatic rings. The molecule has 0 saturated carbocycles. The van der Waals surface area contributed by atoms with Crippen LogP contribution in [0.2, 0.25) is 0 Å². The van der Waals surface area contributed by atoms with Gasteiger partial charge in [0.2, 0.25) is 0 Å². The maximum atomic E-state index is 11.2. The van der Waals surface area contributed by atoms with Crippen LogP contribution in [0.4, 0.5) is 5.82 Å². The molecular weight excluding hydrogens is 222 g/mol. The minimum absolute atomic E-state index is 0.0981. The molecule has 92 valence electrons. The first-order valence-corrected chi connectivity index (χ1v) is 5.16. The summed E-state index contributed by atoms with van der Waals surface area (Å²) in [5, 5.41) is 8.84.